The first-order valence-electron chi connectivity index (χ1n) is 3.86. The first-order chi connectivity index (χ1) is 6.64. The summed E-state index contributed by atoms with van der Waals surface area (Å²) in [4.78, 5) is 0. The molecule has 0 N–H and O–H groups in total. The molecule has 0 aliphatic carbocycles. The molecule has 0 aromatic heterocycles. The largest absolute Gasteiger partial charge is 1.00 e. The van der Waals surface area contributed by atoms with Gasteiger partial charge >= 0.3 is 38.7 Å². The molecule has 0 spiro atoms. The molecule has 0 aliphatic rings. The van der Waals surface area contributed by atoms with Gasteiger partial charge in [-0.1, -0.05) is 36.9 Å². The molecule has 3 nitrogen and oxygen atoms in total. The Morgan fingerprint density at radius 3 is 2.53 bits per heavy atom. The maximum atomic E-state index is 11.1. The van der Waals surface area contributed by atoms with Crippen LogP contribution in [0.1, 0.15) is 6.99 Å². The average Bonchev–Trinajstić information content (AvgIpc) is 2.17. The quantitative estimate of drug-likeness (QED) is 0.401. The van der Waals surface area contributed by atoms with Gasteiger partial charge in [0.25, 0.3) is 0 Å². The monoisotopic (exact) mass is 254 g/mol. The Morgan fingerprint density at radius 2 is 2.00 bits per heavy atom. The molecule has 0 bridgehead atoms. The van der Waals surface area contributed by atoms with Crippen LogP contribution in [0.3, 0.4) is 0 Å². The van der Waals surface area contributed by atoms with Gasteiger partial charge in [0.05, 0.1) is 6.26 Å². The number of benzene rings is 1. The number of rotatable bonds is 5. The molecule has 1 aromatic carbocycles. The molecule has 0 aliphatic heterocycles. The van der Waals surface area contributed by atoms with Crippen LogP contribution in [0.25, 0.3) is 0 Å². The standard InChI is InChI=1S/C9H10O3S2.Na.H/c1-2-12-14(10,11)13-8-9-6-4-3-5-7-9;;/h2-7H,1,8H2;;/q;+1;-1. The first-order valence-corrected chi connectivity index (χ1v) is 6.77. The second-order valence-corrected chi connectivity index (χ2v) is 5.88. The Kier molecular flexibility index (Phi) is 7.38. The molecule has 0 unspecified atom stereocenters. The van der Waals surface area contributed by atoms with E-state index in [0.717, 1.165) is 22.6 Å². The van der Waals surface area contributed by atoms with Gasteiger partial charge in [0.1, 0.15) is 0 Å². The van der Waals surface area contributed by atoms with Gasteiger partial charge in [0.2, 0.25) is 0 Å². The summed E-state index contributed by atoms with van der Waals surface area (Å²) in [5.74, 6) is 0.372. The molecule has 0 amide bonds. The van der Waals surface area contributed by atoms with Gasteiger partial charge in [0.15, 0.2) is 0 Å². The van der Waals surface area contributed by atoms with Crippen LogP contribution in [0.5, 0.6) is 0 Å². The maximum absolute atomic E-state index is 11.1. The zero-order chi connectivity index (χ0) is 10.4. The molecule has 0 saturated carbocycles. The third kappa shape index (κ3) is 6.27. The Morgan fingerprint density at radius 1 is 1.40 bits per heavy atom. The fraction of sp³-hybridized carbons (Fsp3) is 0.111. The Hall–Kier alpha value is 0.0600. The normalized spacial score (nSPS) is 10.1. The minimum Gasteiger partial charge on any atom is -1.00 e. The van der Waals surface area contributed by atoms with Crippen molar-refractivity contribution in [3.63, 3.8) is 0 Å². The van der Waals surface area contributed by atoms with Gasteiger partial charge in [0, 0.05) is 16.5 Å². The van der Waals surface area contributed by atoms with Crippen molar-refractivity contribution in [3.05, 3.63) is 48.7 Å². The molecule has 1 aromatic rings. The molecular formula is C9H11NaO3S2. The van der Waals surface area contributed by atoms with Crippen molar-refractivity contribution in [1.29, 1.82) is 0 Å². The van der Waals surface area contributed by atoms with Crippen molar-refractivity contribution in [2.24, 2.45) is 0 Å². The summed E-state index contributed by atoms with van der Waals surface area (Å²) in [5.41, 5.74) is 0.939. The molecule has 0 atom stereocenters. The van der Waals surface area contributed by atoms with Crippen LogP contribution in [0.15, 0.2) is 43.2 Å². The zero-order valence-electron chi connectivity index (χ0n) is 9.42. The molecule has 15 heavy (non-hydrogen) atoms. The van der Waals surface area contributed by atoms with Gasteiger partial charge < -0.3 is 5.61 Å². The van der Waals surface area contributed by atoms with Gasteiger partial charge in [-0.05, 0) is 5.56 Å². The van der Waals surface area contributed by atoms with E-state index in [2.05, 4.69) is 10.8 Å². The van der Waals surface area contributed by atoms with Crippen LogP contribution in [-0.2, 0) is 19.1 Å². The predicted octanol–water partition coefficient (Wildman–Crippen LogP) is -0.559. The SMILES string of the molecule is C=COS(=O)(=O)SCc1ccccc1.[H-].[Na+]. The molecule has 78 valence electrons. The van der Waals surface area contributed by atoms with E-state index in [1.165, 1.54) is 0 Å². The van der Waals surface area contributed by atoms with E-state index in [4.69, 9.17) is 0 Å². The van der Waals surface area contributed by atoms with E-state index in [0.29, 0.717) is 5.75 Å². The fourth-order valence-corrected chi connectivity index (χ4v) is 2.70. The summed E-state index contributed by atoms with van der Waals surface area (Å²) in [5, 5.41) is 0. The average molecular weight is 254 g/mol. The third-order valence-corrected chi connectivity index (χ3v) is 3.97. The minimum atomic E-state index is -3.53. The van der Waals surface area contributed by atoms with E-state index >= 15 is 0 Å². The van der Waals surface area contributed by atoms with Crippen LogP contribution < -0.4 is 29.6 Å². The van der Waals surface area contributed by atoms with E-state index < -0.39 is 9.15 Å². The summed E-state index contributed by atoms with van der Waals surface area (Å²) in [6, 6.07) is 9.31. The Labute approximate surface area is 117 Å². The number of hydrogen-bond donors (Lipinski definition) is 0. The van der Waals surface area contributed by atoms with E-state index in [1.807, 2.05) is 30.3 Å². The Balaban J connectivity index is 0. The van der Waals surface area contributed by atoms with Gasteiger partial charge in [-0.15, -0.1) is 0 Å². The smallest absolute Gasteiger partial charge is 1.00 e. The number of hydrogen-bond acceptors (Lipinski definition) is 4. The van der Waals surface area contributed by atoms with Gasteiger partial charge in [-0.3, -0.25) is 0 Å². The van der Waals surface area contributed by atoms with Crippen LogP contribution in [0.4, 0.5) is 0 Å². The second-order valence-electron chi connectivity index (χ2n) is 2.42. The van der Waals surface area contributed by atoms with Crippen molar-refractivity contribution in [2.75, 3.05) is 0 Å². The van der Waals surface area contributed by atoms with Crippen molar-refractivity contribution in [1.82, 2.24) is 0 Å². The third-order valence-electron chi connectivity index (χ3n) is 1.40. The maximum Gasteiger partial charge on any atom is 1.00 e. The summed E-state index contributed by atoms with van der Waals surface area (Å²) >= 11 is 0. The van der Waals surface area contributed by atoms with Crippen molar-refractivity contribution in [2.45, 2.75) is 5.75 Å². The van der Waals surface area contributed by atoms with E-state index in [9.17, 15) is 8.42 Å². The molecule has 6 heteroatoms. The summed E-state index contributed by atoms with van der Waals surface area (Å²) in [6.45, 7) is 3.19. The summed E-state index contributed by atoms with van der Waals surface area (Å²) < 4.78 is 26.5. The van der Waals surface area contributed by atoms with Gasteiger partial charge in [-0.25, -0.2) is 0 Å². The molecule has 0 heterocycles. The first kappa shape index (κ1) is 15.1. The van der Waals surface area contributed by atoms with Crippen LogP contribution in [-0.4, -0.2) is 8.42 Å². The molecule has 0 fully saturated rings. The zero-order valence-corrected chi connectivity index (χ0v) is 12.1. The van der Waals surface area contributed by atoms with E-state index in [1.54, 1.807) is 0 Å². The van der Waals surface area contributed by atoms with Crippen molar-refractivity contribution in [3.8, 4) is 0 Å². The fourth-order valence-electron chi connectivity index (χ4n) is 0.826. The molecule has 0 saturated heterocycles. The van der Waals surface area contributed by atoms with Crippen molar-refractivity contribution < 1.29 is 43.6 Å². The molecule has 0 radical (unpaired) electrons. The van der Waals surface area contributed by atoms with Gasteiger partial charge in [-0.2, -0.15) is 8.42 Å². The minimum absolute atomic E-state index is 0. The molecule has 1 rings (SSSR count). The van der Waals surface area contributed by atoms with Crippen LogP contribution >= 0.6 is 10.8 Å². The van der Waals surface area contributed by atoms with Crippen LogP contribution in [0.2, 0.25) is 0 Å². The van der Waals surface area contributed by atoms with Crippen molar-refractivity contribution >= 4 is 19.9 Å². The summed E-state index contributed by atoms with van der Waals surface area (Å²) in [7, 11) is -2.80. The van der Waals surface area contributed by atoms with E-state index in [-0.39, 0.29) is 31.0 Å². The Bertz CT molecular complexity index is 394. The second kappa shape index (κ2) is 7.35. The summed E-state index contributed by atoms with van der Waals surface area (Å²) in [6.07, 6.45) is 0.910. The topological polar surface area (TPSA) is 43.4 Å². The van der Waals surface area contributed by atoms with Crippen LogP contribution in [0, 0.1) is 0 Å². The predicted molar refractivity (Wildman–Crippen MR) is 59.1 cm³/mol. The molecular weight excluding hydrogens is 243 g/mol.